The monoisotopic (exact) mass is 448 g/mol. The van der Waals surface area contributed by atoms with Crippen LogP contribution in [-0.4, -0.2) is 59.9 Å². The van der Waals surface area contributed by atoms with Crippen molar-refractivity contribution in [3.8, 4) is 5.88 Å². The number of nitrogens with zero attached hydrogens (tertiary/aromatic N) is 4. The number of aromatic nitrogens is 2. The fourth-order valence-electron chi connectivity index (χ4n) is 4.77. The Morgan fingerprint density at radius 1 is 1.30 bits per heavy atom. The van der Waals surface area contributed by atoms with Crippen LogP contribution in [0.1, 0.15) is 42.8 Å². The summed E-state index contributed by atoms with van der Waals surface area (Å²) in [6.45, 7) is 5.20. The number of rotatable bonds is 3. The highest BCUT2D eigenvalue weighted by Crippen LogP contribution is 2.40. The Morgan fingerprint density at radius 2 is 2.10 bits per heavy atom. The molecule has 1 saturated heterocycles. The maximum Gasteiger partial charge on any atom is 0.248 e. The van der Waals surface area contributed by atoms with E-state index in [4.69, 9.17) is 4.74 Å². The van der Waals surface area contributed by atoms with E-state index in [1.54, 1.807) is 34.0 Å². The van der Waals surface area contributed by atoms with Crippen molar-refractivity contribution in [3.63, 3.8) is 0 Å². The molecule has 162 valence electrons. The summed E-state index contributed by atoms with van der Waals surface area (Å²) in [7, 11) is -3.73. The standard InChI is InChI=1S/C21H28N4O3S2/c1-16-23-17(13-29-16)12-25-14-21(7-10-24(11-8-21)18-4-2-5-18)15-28-20-19(30(25,26)27)6-3-9-22-20/h3,6,9,13,18H,2,4-5,7-8,10-12,14-15H2,1H3. The minimum atomic E-state index is -3.73. The van der Waals surface area contributed by atoms with E-state index < -0.39 is 10.0 Å². The summed E-state index contributed by atoms with van der Waals surface area (Å²) in [6, 6.07) is 3.96. The Morgan fingerprint density at radius 3 is 2.77 bits per heavy atom. The molecular formula is C21H28N4O3S2. The molecule has 0 aromatic carbocycles. The minimum Gasteiger partial charge on any atom is -0.476 e. The van der Waals surface area contributed by atoms with Crippen LogP contribution in [0.4, 0.5) is 0 Å². The third kappa shape index (κ3) is 3.77. The number of ether oxygens (including phenoxy) is 1. The Hall–Kier alpha value is -1.55. The van der Waals surface area contributed by atoms with Crippen molar-refractivity contribution in [2.75, 3.05) is 26.2 Å². The molecule has 0 bridgehead atoms. The van der Waals surface area contributed by atoms with E-state index in [1.807, 2.05) is 12.3 Å². The highest BCUT2D eigenvalue weighted by molar-refractivity contribution is 7.89. The molecule has 3 aliphatic rings. The van der Waals surface area contributed by atoms with E-state index in [2.05, 4.69) is 14.9 Å². The highest BCUT2D eigenvalue weighted by Gasteiger charge is 2.44. The second kappa shape index (κ2) is 7.85. The van der Waals surface area contributed by atoms with Crippen molar-refractivity contribution < 1.29 is 13.2 Å². The van der Waals surface area contributed by atoms with Gasteiger partial charge in [0.05, 0.1) is 23.9 Å². The van der Waals surface area contributed by atoms with Gasteiger partial charge < -0.3 is 9.64 Å². The van der Waals surface area contributed by atoms with Crippen LogP contribution in [0.25, 0.3) is 0 Å². The predicted molar refractivity (Wildman–Crippen MR) is 115 cm³/mol. The number of sulfonamides is 1. The molecule has 1 spiro atoms. The molecule has 1 saturated carbocycles. The number of piperidine rings is 1. The zero-order valence-corrected chi connectivity index (χ0v) is 18.9. The Balaban J connectivity index is 1.46. The molecule has 0 N–H and O–H groups in total. The van der Waals surface area contributed by atoms with Gasteiger partial charge in [-0.15, -0.1) is 11.3 Å². The first-order valence-corrected chi connectivity index (χ1v) is 13.0. The molecule has 5 rings (SSSR count). The molecule has 4 heterocycles. The van der Waals surface area contributed by atoms with Gasteiger partial charge in [0.1, 0.15) is 4.90 Å². The van der Waals surface area contributed by atoms with Crippen LogP contribution in [-0.2, 0) is 16.6 Å². The lowest BCUT2D eigenvalue weighted by atomic mass is 9.77. The van der Waals surface area contributed by atoms with Crippen LogP contribution in [0.3, 0.4) is 0 Å². The third-order valence-electron chi connectivity index (χ3n) is 6.84. The van der Waals surface area contributed by atoms with Gasteiger partial charge in [-0.1, -0.05) is 6.42 Å². The summed E-state index contributed by atoms with van der Waals surface area (Å²) in [5.41, 5.74) is 0.600. The van der Waals surface area contributed by atoms with Crippen LogP contribution in [0.15, 0.2) is 28.6 Å². The minimum absolute atomic E-state index is 0.152. The van der Waals surface area contributed by atoms with Gasteiger partial charge in [-0.2, -0.15) is 4.31 Å². The number of hydrogen-bond acceptors (Lipinski definition) is 7. The van der Waals surface area contributed by atoms with Crippen molar-refractivity contribution >= 4 is 21.4 Å². The molecule has 2 fully saturated rings. The summed E-state index contributed by atoms with van der Waals surface area (Å²) in [5.74, 6) is 0.220. The first-order chi connectivity index (χ1) is 14.5. The lowest BCUT2D eigenvalue weighted by molar-refractivity contribution is 0.00309. The van der Waals surface area contributed by atoms with Crippen LogP contribution < -0.4 is 4.74 Å². The van der Waals surface area contributed by atoms with Crippen molar-refractivity contribution in [2.24, 2.45) is 5.41 Å². The van der Waals surface area contributed by atoms with Crippen molar-refractivity contribution in [2.45, 2.75) is 56.5 Å². The SMILES string of the molecule is Cc1nc(CN2CC3(CCN(C4CCC4)CC3)COc3ncccc3S2(=O)=O)cs1. The Kier molecular flexibility index (Phi) is 5.33. The Labute approximate surface area is 182 Å². The van der Waals surface area contributed by atoms with E-state index in [0.717, 1.165) is 42.7 Å². The third-order valence-corrected chi connectivity index (χ3v) is 9.46. The Bertz CT molecular complexity index is 1010. The quantitative estimate of drug-likeness (QED) is 0.718. The van der Waals surface area contributed by atoms with Crippen LogP contribution in [0, 0.1) is 12.3 Å². The second-order valence-corrected chi connectivity index (χ2v) is 11.8. The fraction of sp³-hybridized carbons (Fsp3) is 0.619. The van der Waals surface area contributed by atoms with Crippen molar-refractivity contribution in [3.05, 3.63) is 34.4 Å². The largest absolute Gasteiger partial charge is 0.476 e. The normalized spacial score (nSPS) is 24.4. The van der Waals surface area contributed by atoms with E-state index in [9.17, 15) is 8.42 Å². The van der Waals surface area contributed by atoms with Crippen molar-refractivity contribution in [1.82, 2.24) is 19.2 Å². The van der Waals surface area contributed by atoms with Gasteiger partial charge >= 0.3 is 0 Å². The van der Waals surface area contributed by atoms with Gasteiger partial charge in [0, 0.05) is 29.6 Å². The molecule has 0 amide bonds. The summed E-state index contributed by atoms with van der Waals surface area (Å²) < 4.78 is 34.9. The summed E-state index contributed by atoms with van der Waals surface area (Å²) >= 11 is 1.55. The molecule has 2 aromatic rings. The molecule has 1 aliphatic carbocycles. The van der Waals surface area contributed by atoms with Crippen LogP contribution >= 0.6 is 11.3 Å². The van der Waals surface area contributed by atoms with Gasteiger partial charge in [-0.3, -0.25) is 0 Å². The smallest absolute Gasteiger partial charge is 0.248 e. The van der Waals surface area contributed by atoms with E-state index in [1.165, 1.54) is 19.3 Å². The fourth-order valence-corrected chi connectivity index (χ4v) is 6.98. The second-order valence-electron chi connectivity index (χ2n) is 8.85. The van der Waals surface area contributed by atoms with Gasteiger partial charge in [0.2, 0.25) is 15.9 Å². The van der Waals surface area contributed by atoms with E-state index in [-0.39, 0.29) is 22.7 Å². The average molecular weight is 449 g/mol. The van der Waals surface area contributed by atoms with Crippen LogP contribution in [0.2, 0.25) is 0 Å². The maximum absolute atomic E-state index is 13.6. The topological polar surface area (TPSA) is 75.6 Å². The van der Waals surface area contributed by atoms with Crippen molar-refractivity contribution in [1.29, 1.82) is 0 Å². The molecule has 2 aromatic heterocycles. The summed E-state index contributed by atoms with van der Waals surface area (Å²) in [6.07, 6.45) is 7.39. The number of thiazole rings is 1. The lowest BCUT2D eigenvalue weighted by Crippen LogP contribution is -2.54. The summed E-state index contributed by atoms with van der Waals surface area (Å²) in [4.78, 5) is 11.5. The van der Waals surface area contributed by atoms with Gasteiger partial charge in [-0.25, -0.2) is 18.4 Å². The van der Waals surface area contributed by atoms with E-state index >= 15 is 0 Å². The molecule has 0 unspecified atom stereocenters. The maximum atomic E-state index is 13.6. The number of hydrogen-bond donors (Lipinski definition) is 0. The highest BCUT2D eigenvalue weighted by atomic mass is 32.2. The van der Waals surface area contributed by atoms with Crippen LogP contribution in [0.5, 0.6) is 5.88 Å². The predicted octanol–water partition coefficient (Wildman–Crippen LogP) is 3.06. The number of fused-ring (bicyclic) bond motifs is 1. The first kappa shape index (κ1) is 20.4. The molecule has 9 heteroatoms. The van der Waals surface area contributed by atoms with Gasteiger partial charge in [0.25, 0.3) is 0 Å². The molecule has 7 nitrogen and oxygen atoms in total. The number of likely N-dealkylation sites (tertiary alicyclic amines) is 1. The molecule has 0 atom stereocenters. The number of aryl methyl sites for hydroxylation is 1. The van der Waals surface area contributed by atoms with Gasteiger partial charge in [-0.05, 0) is 57.8 Å². The molecular weight excluding hydrogens is 420 g/mol. The average Bonchev–Trinajstić information content (AvgIpc) is 3.11. The summed E-state index contributed by atoms with van der Waals surface area (Å²) in [5, 5.41) is 2.90. The van der Waals surface area contributed by atoms with Gasteiger partial charge in [0.15, 0.2) is 0 Å². The zero-order valence-electron chi connectivity index (χ0n) is 17.3. The molecule has 0 radical (unpaired) electrons. The van der Waals surface area contributed by atoms with E-state index in [0.29, 0.717) is 13.2 Å². The zero-order chi connectivity index (χ0) is 20.8. The molecule has 30 heavy (non-hydrogen) atoms. The molecule has 2 aliphatic heterocycles. The lowest BCUT2D eigenvalue weighted by Gasteiger charge is -2.48. The number of pyridine rings is 1. The first-order valence-electron chi connectivity index (χ1n) is 10.7.